The predicted molar refractivity (Wildman–Crippen MR) is 97.8 cm³/mol. The van der Waals surface area contributed by atoms with Gasteiger partial charge in [-0.3, -0.25) is 4.79 Å². The second kappa shape index (κ2) is 6.21. The lowest BCUT2D eigenvalue weighted by Crippen LogP contribution is -2.11. The summed E-state index contributed by atoms with van der Waals surface area (Å²) >= 11 is 1.33. The summed E-state index contributed by atoms with van der Waals surface area (Å²) in [6, 6.07) is 5.40. The van der Waals surface area contributed by atoms with Gasteiger partial charge in [-0.1, -0.05) is 0 Å². The van der Waals surface area contributed by atoms with E-state index >= 15 is 0 Å². The van der Waals surface area contributed by atoms with Crippen molar-refractivity contribution in [2.24, 2.45) is 5.73 Å². The van der Waals surface area contributed by atoms with Crippen molar-refractivity contribution in [1.29, 1.82) is 0 Å². The minimum atomic E-state index is -0.180. The van der Waals surface area contributed by atoms with Crippen LogP contribution < -0.4 is 16.0 Å². The van der Waals surface area contributed by atoms with Crippen molar-refractivity contribution in [2.75, 3.05) is 24.3 Å². The Morgan fingerprint density at radius 3 is 2.75 bits per heavy atom. The maximum absolute atomic E-state index is 12.5. The fourth-order valence-corrected chi connectivity index (χ4v) is 3.21. The highest BCUT2D eigenvalue weighted by molar-refractivity contribution is 7.14. The molecule has 4 N–H and O–H groups in total. The number of nitrogens with zero attached hydrogens (tertiary/aromatic N) is 3. The van der Waals surface area contributed by atoms with Crippen LogP contribution in [0.15, 0.2) is 18.2 Å². The maximum atomic E-state index is 12.5. The zero-order valence-electron chi connectivity index (χ0n) is 14.0. The van der Waals surface area contributed by atoms with E-state index in [1.165, 1.54) is 11.3 Å². The molecule has 0 spiro atoms. The molecule has 2 aromatic heterocycles. The van der Waals surface area contributed by atoms with E-state index < -0.39 is 0 Å². The topological polar surface area (TPSA) is 99.9 Å². The second-order valence-electron chi connectivity index (χ2n) is 5.90. The molecule has 24 heavy (non-hydrogen) atoms. The molecule has 1 amide bonds. The average Bonchev–Trinajstić information content (AvgIpc) is 3.10. The number of H-pyrrole nitrogens is 1. The van der Waals surface area contributed by atoms with E-state index in [0.29, 0.717) is 16.3 Å². The van der Waals surface area contributed by atoms with Crippen LogP contribution in [-0.2, 0) is 0 Å². The second-order valence-corrected chi connectivity index (χ2v) is 6.93. The molecule has 1 aromatic carbocycles. The van der Waals surface area contributed by atoms with Gasteiger partial charge in [0.05, 0.1) is 22.8 Å². The van der Waals surface area contributed by atoms with Crippen LogP contribution in [-0.4, -0.2) is 35.0 Å². The van der Waals surface area contributed by atoms with Gasteiger partial charge >= 0.3 is 0 Å². The van der Waals surface area contributed by atoms with Crippen LogP contribution in [0, 0.1) is 6.92 Å². The van der Waals surface area contributed by atoms with E-state index in [-0.39, 0.29) is 11.9 Å². The summed E-state index contributed by atoms with van der Waals surface area (Å²) in [5, 5.41) is 3.67. The lowest BCUT2D eigenvalue weighted by molar-refractivity contribution is 0.103. The van der Waals surface area contributed by atoms with Gasteiger partial charge in [-0.05, 0) is 32.0 Å². The van der Waals surface area contributed by atoms with E-state index in [2.05, 4.69) is 20.3 Å². The van der Waals surface area contributed by atoms with Gasteiger partial charge in [0.15, 0.2) is 0 Å². The molecule has 0 aliphatic heterocycles. The highest BCUT2D eigenvalue weighted by Gasteiger charge is 2.17. The van der Waals surface area contributed by atoms with Crippen LogP contribution in [0.2, 0.25) is 0 Å². The third-order valence-corrected chi connectivity index (χ3v) is 4.92. The predicted octanol–water partition coefficient (Wildman–Crippen LogP) is 2.67. The standard InChI is InChI=1S/C16H20N6OS/c1-8(17)15-18-9(2)13(24-15)14(23)19-10-5-6-11-12(7-10)21-16(20-11)22(3)4/h5-8H,17H2,1-4H3,(H,19,23)(H,20,21). The van der Waals surface area contributed by atoms with Crippen molar-refractivity contribution < 1.29 is 4.79 Å². The molecule has 0 radical (unpaired) electrons. The number of anilines is 2. The van der Waals surface area contributed by atoms with Crippen molar-refractivity contribution in [3.8, 4) is 0 Å². The van der Waals surface area contributed by atoms with Crippen molar-refractivity contribution in [3.05, 3.63) is 33.8 Å². The minimum Gasteiger partial charge on any atom is -0.349 e. The Kier molecular flexibility index (Phi) is 4.25. The van der Waals surface area contributed by atoms with Gasteiger partial charge in [0.1, 0.15) is 9.88 Å². The zero-order chi connectivity index (χ0) is 17.4. The highest BCUT2D eigenvalue weighted by atomic mass is 32.1. The molecular weight excluding hydrogens is 324 g/mol. The van der Waals surface area contributed by atoms with Gasteiger partial charge in [0, 0.05) is 19.8 Å². The van der Waals surface area contributed by atoms with E-state index in [9.17, 15) is 4.79 Å². The molecule has 7 nitrogen and oxygen atoms in total. The monoisotopic (exact) mass is 344 g/mol. The quantitative estimate of drug-likeness (QED) is 0.675. The van der Waals surface area contributed by atoms with Crippen molar-refractivity contribution in [3.63, 3.8) is 0 Å². The summed E-state index contributed by atoms with van der Waals surface area (Å²) in [6.45, 7) is 3.67. The summed E-state index contributed by atoms with van der Waals surface area (Å²) in [4.78, 5) is 27.0. The van der Waals surface area contributed by atoms with E-state index in [1.807, 2.05) is 51.0 Å². The largest absolute Gasteiger partial charge is 0.349 e. The molecule has 0 bridgehead atoms. The third-order valence-electron chi connectivity index (χ3n) is 3.56. The highest BCUT2D eigenvalue weighted by Crippen LogP contribution is 2.25. The van der Waals surface area contributed by atoms with Crippen LogP contribution in [0.3, 0.4) is 0 Å². The van der Waals surface area contributed by atoms with Crippen LogP contribution in [0.1, 0.15) is 33.3 Å². The van der Waals surface area contributed by atoms with Crippen LogP contribution in [0.4, 0.5) is 11.6 Å². The first kappa shape index (κ1) is 16.4. The third kappa shape index (κ3) is 3.10. The van der Waals surface area contributed by atoms with E-state index in [4.69, 9.17) is 5.73 Å². The molecular formula is C16H20N6OS. The first-order valence-corrected chi connectivity index (χ1v) is 8.38. The van der Waals surface area contributed by atoms with Gasteiger partial charge in [-0.2, -0.15) is 0 Å². The minimum absolute atomic E-state index is 0.177. The van der Waals surface area contributed by atoms with E-state index in [0.717, 1.165) is 22.0 Å². The number of thiazole rings is 1. The summed E-state index contributed by atoms with van der Waals surface area (Å²) in [5.74, 6) is 0.594. The maximum Gasteiger partial charge on any atom is 0.267 e. The van der Waals surface area contributed by atoms with Gasteiger partial charge in [0.2, 0.25) is 5.95 Å². The number of rotatable bonds is 4. The van der Waals surface area contributed by atoms with Gasteiger partial charge in [0.25, 0.3) is 5.91 Å². The molecule has 2 heterocycles. The number of carbonyl (C=O) groups excluding carboxylic acids is 1. The van der Waals surface area contributed by atoms with Crippen LogP contribution in [0.5, 0.6) is 0 Å². The number of nitrogens with one attached hydrogen (secondary N) is 2. The Labute approximate surface area is 143 Å². The Morgan fingerprint density at radius 1 is 1.38 bits per heavy atom. The number of imidazole rings is 1. The molecule has 126 valence electrons. The smallest absolute Gasteiger partial charge is 0.267 e. The number of fused-ring (bicyclic) bond motifs is 1. The Balaban J connectivity index is 1.85. The molecule has 0 saturated carbocycles. The molecule has 0 aliphatic rings. The Morgan fingerprint density at radius 2 is 2.12 bits per heavy atom. The Hall–Kier alpha value is -2.45. The SMILES string of the molecule is Cc1nc(C(C)N)sc1C(=O)Nc1ccc2nc(N(C)C)[nH]c2c1. The number of amides is 1. The summed E-state index contributed by atoms with van der Waals surface area (Å²) in [7, 11) is 3.84. The van der Waals surface area contributed by atoms with Crippen molar-refractivity contribution in [2.45, 2.75) is 19.9 Å². The first-order valence-electron chi connectivity index (χ1n) is 7.56. The number of aromatic amines is 1. The van der Waals surface area contributed by atoms with Gasteiger partial charge in [-0.15, -0.1) is 11.3 Å². The molecule has 0 fully saturated rings. The number of aromatic nitrogens is 3. The van der Waals surface area contributed by atoms with Crippen LogP contribution >= 0.6 is 11.3 Å². The summed E-state index contributed by atoms with van der Waals surface area (Å²) in [6.07, 6.45) is 0. The van der Waals surface area contributed by atoms with Gasteiger partial charge in [-0.25, -0.2) is 9.97 Å². The first-order chi connectivity index (χ1) is 11.3. The number of benzene rings is 1. The van der Waals surface area contributed by atoms with Crippen LogP contribution in [0.25, 0.3) is 11.0 Å². The molecule has 3 rings (SSSR count). The molecule has 8 heteroatoms. The fourth-order valence-electron chi connectivity index (χ4n) is 2.30. The molecule has 0 saturated heterocycles. The molecule has 0 aliphatic carbocycles. The number of hydrogen-bond donors (Lipinski definition) is 3. The molecule has 1 unspecified atom stereocenters. The summed E-state index contributed by atoms with van der Waals surface area (Å²) in [5.41, 5.74) is 8.96. The van der Waals surface area contributed by atoms with Crippen molar-refractivity contribution in [1.82, 2.24) is 15.0 Å². The van der Waals surface area contributed by atoms with Gasteiger partial charge < -0.3 is 20.9 Å². The zero-order valence-corrected chi connectivity index (χ0v) is 14.9. The number of carbonyl (C=O) groups is 1. The number of nitrogens with two attached hydrogens (primary N) is 1. The van der Waals surface area contributed by atoms with E-state index in [1.54, 1.807) is 0 Å². The molecule has 3 aromatic rings. The number of hydrogen-bond acceptors (Lipinski definition) is 6. The molecule has 1 atom stereocenters. The normalized spacial score (nSPS) is 12.4. The fraction of sp³-hybridized carbons (Fsp3) is 0.312. The lowest BCUT2D eigenvalue weighted by atomic mass is 10.2. The lowest BCUT2D eigenvalue weighted by Gasteiger charge is -2.05. The average molecular weight is 344 g/mol. The summed E-state index contributed by atoms with van der Waals surface area (Å²) < 4.78 is 0. The van der Waals surface area contributed by atoms with Crippen molar-refractivity contribution >= 4 is 39.9 Å². The Bertz CT molecular complexity index is 895. The number of aryl methyl sites for hydroxylation is 1.